The summed E-state index contributed by atoms with van der Waals surface area (Å²) < 4.78 is 1.73. The maximum atomic E-state index is 10.2. The van der Waals surface area contributed by atoms with Crippen molar-refractivity contribution in [1.29, 1.82) is 0 Å². The molecule has 2 rings (SSSR count). The molecule has 1 nitrogen and oxygen atoms in total. The molecule has 1 spiro atoms. The summed E-state index contributed by atoms with van der Waals surface area (Å²) in [5, 5.41) is 10.2. The van der Waals surface area contributed by atoms with Gasteiger partial charge in [0.25, 0.3) is 0 Å². The SMILES string of the molecule is [CH3][Sn]([CH3])([CH3])[C]1=CCC[C@@]12CCC[C@@H]2O. The number of hydrogen-bond donors (Lipinski definition) is 1. The molecular formula is C12H22OSn. The standard InChI is InChI=1S/C9H13O.3CH3.Sn/c10-8-4-3-7-9(8)5-1-2-6-9;;;;/h1,8,10H,2-4,6-7H2;3*1H3;/t8-,9+;;;;/m0..../s1. The molecule has 0 bridgehead atoms. The molecule has 0 unspecified atom stereocenters. The third kappa shape index (κ3) is 1.56. The van der Waals surface area contributed by atoms with Gasteiger partial charge >= 0.3 is 91.6 Å². The van der Waals surface area contributed by atoms with Gasteiger partial charge in [0.05, 0.1) is 0 Å². The van der Waals surface area contributed by atoms with Gasteiger partial charge in [-0.3, -0.25) is 0 Å². The van der Waals surface area contributed by atoms with E-state index in [1.807, 2.05) is 0 Å². The molecule has 2 aliphatic rings. The predicted octanol–water partition coefficient (Wildman–Crippen LogP) is 3.12. The van der Waals surface area contributed by atoms with Gasteiger partial charge in [-0.1, -0.05) is 0 Å². The van der Waals surface area contributed by atoms with Crippen LogP contribution in [-0.4, -0.2) is 29.6 Å². The van der Waals surface area contributed by atoms with Gasteiger partial charge in [-0.2, -0.15) is 0 Å². The van der Waals surface area contributed by atoms with Crippen LogP contribution in [0.1, 0.15) is 32.1 Å². The fourth-order valence-electron chi connectivity index (χ4n) is 3.52. The molecule has 0 radical (unpaired) electrons. The second-order valence-electron chi connectivity index (χ2n) is 5.97. The third-order valence-corrected chi connectivity index (χ3v) is 10.6. The molecule has 2 atom stereocenters. The number of aliphatic hydroxyl groups excluding tert-OH is 1. The van der Waals surface area contributed by atoms with Crippen molar-refractivity contribution in [3.63, 3.8) is 0 Å². The average molecular weight is 301 g/mol. The zero-order chi connectivity index (χ0) is 10.4. The van der Waals surface area contributed by atoms with Gasteiger partial charge in [0.1, 0.15) is 0 Å². The minimum atomic E-state index is -1.94. The molecule has 0 aromatic rings. The van der Waals surface area contributed by atoms with Gasteiger partial charge in [0.15, 0.2) is 0 Å². The van der Waals surface area contributed by atoms with Gasteiger partial charge < -0.3 is 0 Å². The molecule has 1 N–H and O–H groups in total. The predicted molar refractivity (Wildman–Crippen MR) is 63.0 cm³/mol. The average Bonchev–Trinajstić information content (AvgIpc) is 2.61. The van der Waals surface area contributed by atoms with E-state index in [-0.39, 0.29) is 11.5 Å². The van der Waals surface area contributed by atoms with Gasteiger partial charge in [-0.25, -0.2) is 0 Å². The van der Waals surface area contributed by atoms with Gasteiger partial charge in [0, 0.05) is 0 Å². The topological polar surface area (TPSA) is 20.2 Å². The summed E-state index contributed by atoms with van der Waals surface area (Å²) in [5.74, 6) is 0. The molecule has 0 aromatic heterocycles. The molecule has 1 fully saturated rings. The summed E-state index contributed by atoms with van der Waals surface area (Å²) in [7, 11) is 0. The summed E-state index contributed by atoms with van der Waals surface area (Å²) in [6.07, 6.45) is 8.45. The van der Waals surface area contributed by atoms with Gasteiger partial charge in [-0.05, 0) is 0 Å². The normalized spacial score (nSPS) is 38.0. The molecule has 1 saturated carbocycles. The quantitative estimate of drug-likeness (QED) is 0.738. The summed E-state index contributed by atoms with van der Waals surface area (Å²) in [4.78, 5) is 7.45. The van der Waals surface area contributed by atoms with E-state index in [0.29, 0.717) is 0 Å². The van der Waals surface area contributed by atoms with Crippen LogP contribution in [0.5, 0.6) is 0 Å². The van der Waals surface area contributed by atoms with Crippen LogP contribution in [0.25, 0.3) is 0 Å². The number of rotatable bonds is 1. The van der Waals surface area contributed by atoms with Gasteiger partial charge in [-0.15, -0.1) is 0 Å². The molecule has 2 heteroatoms. The van der Waals surface area contributed by atoms with E-state index >= 15 is 0 Å². The van der Waals surface area contributed by atoms with Crippen molar-refractivity contribution >= 4 is 18.4 Å². The number of allylic oxidation sites excluding steroid dienone is 1. The van der Waals surface area contributed by atoms with E-state index in [0.717, 1.165) is 6.42 Å². The van der Waals surface area contributed by atoms with Crippen molar-refractivity contribution in [3.8, 4) is 0 Å². The van der Waals surface area contributed by atoms with Crippen LogP contribution in [0.3, 0.4) is 0 Å². The molecule has 0 aliphatic heterocycles. The Kier molecular flexibility index (Phi) is 2.76. The van der Waals surface area contributed by atoms with E-state index in [2.05, 4.69) is 20.9 Å². The molecule has 0 saturated heterocycles. The van der Waals surface area contributed by atoms with Crippen LogP contribution in [0.15, 0.2) is 9.67 Å². The second kappa shape index (κ2) is 3.51. The first-order chi connectivity index (χ1) is 6.47. The van der Waals surface area contributed by atoms with Crippen LogP contribution in [0.4, 0.5) is 0 Å². The van der Waals surface area contributed by atoms with Crippen molar-refractivity contribution in [1.82, 2.24) is 0 Å². The van der Waals surface area contributed by atoms with E-state index in [1.165, 1.54) is 25.7 Å². The molecule has 80 valence electrons. The van der Waals surface area contributed by atoms with Crippen LogP contribution < -0.4 is 0 Å². The van der Waals surface area contributed by atoms with Crippen LogP contribution in [0.2, 0.25) is 14.8 Å². The molecule has 0 heterocycles. The van der Waals surface area contributed by atoms with E-state index in [9.17, 15) is 5.11 Å². The molecule has 0 aromatic carbocycles. The Morgan fingerprint density at radius 1 is 1.36 bits per heavy atom. The van der Waals surface area contributed by atoms with Crippen LogP contribution in [0, 0.1) is 5.41 Å². The summed E-state index contributed by atoms with van der Waals surface area (Å²) in [6.45, 7) is 0. The Balaban J connectivity index is 2.33. The van der Waals surface area contributed by atoms with Crippen LogP contribution in [-0.2, 0) is 0 Å². The summed E-state index contributed by atoms with van der Waals surface area (Å²) in [5.41, 5.74) is 0.258. The first kappa shape index (κ1) is 11.0. The Hall–Kier alpha value is 0.499. The van der Waals surface area contributed by atoms with E-state index in [1.54, 1.807) is 3.59 Å². The van der Waals surface area contributed by atoms with Crippen molar-refractivity contribution in [2.24, 2.45) is 5.41 Å². The van der Waals surface area contributed by atoms with E-state index < -0.39 is 18.4 Å². The van der Waals surface area contributed by atoms with Crippen LogP contribution >= 0.6 is 0 Å². The second-order valence-corrected chi connectivity index (χ2v) is 20.4. The molecular weight excluding hydrogens is 279 g/mol. The Labute approximate surface area is 91.5 Å². The zero-order valence-corrected chi connectivity index (χ0v) is 12.5. The van der Waals surface area contributed by atoms with Crippen molar-refractivity contribution in [2.45, 2.75) is 53.0 Å². The summed E-state index contributed by atoms with van der Waals surface area (Å²) in [6, 6.07) is 0. The Morgan fingerprint density at radius 3 is 2.57 bits per heavy atom. The van der Waals surface area contributed by atoms with E-state index in [4.69, 9.17) is 0 Å². The minimum absolute atomic E-state index is 0.0211. The van der Waals surface area contributed by atoms with Crippen molar-refractivity contribution < 1.29 is 5.11 Å². The van der Waals surface area contributed by atoms with Gasteiger partial charge in [0.2, 0.25) is 0 Å². The fraction of sp³-hybridized carbons (Fsp3) is 0.833. The Bertz CT molecular complexity index is 264. The summed E-state index contributed by atoms with van der Waals surface area (Å²) >= 11 is -1.94. The first-order valence-electron chi connectivity index (χ1n) is 5.86. The third-order valence-electron chi connectivity index (χ3n) is 4.02. The first-order valence-corrected chi connectivity index (χ1v) is 15.8. The molecule has 14 heavy (non-hydrogen) atoms. The number of aliphatic hydroxyl groups is 1. The fourth-order valence-corrected chi connectivity index (χ4v) is 11.1. The Morgan fingerprint density at radius 2 is 2.07 bits per heavy atom. The monoisotopic (exact) mass is 302 g/mol. The maximum absolute atomic E-state index is 10.2. The molecule has 0 amide bonds. The zero-order valence-electron chi connectivity index (χ0n) is 9.64. The molecule has 2 aliphatic carbocycles. The van der Waals surface area contributed by atoms with Crippen molar-refractivity contribution in [3.05, 3.63) is 9.67 Å². The number of hydrogen-bond acceptors (Lipinski definition) is 1. The van der Waals surface area contributed by atoms with Crippen molar-refractivity contribution in [2.75, 3.05) is 0 Å².